The summed E-state index contributed by atoms with van der Waals surface area (Å²) in [5, 5.41) is 3.79. The molecule has 7 heteroatoms. The molecule has 4 fully saturated rings. The summed E-state index contributed by atoms with van der Waals surface area (Å²) < 4.78 is 5.33. The van der Waals surface area contributed by atoms with Crippen LogP contribution in [0.15, 0.2) is 10.9 Å². The fourth-order valence-electron chi connectivity index (χ4n) is 6.01. The van der Waals surface area contributed by atoms with Gasteiger partial charge in [-0.1, -0.05) is 5.16 Å². The molecule has 26 heavy (non-hydrogen) atoms. The van der Waals surface area contributed by atoms with Gasteiger partial charge in [0, 0.05) is 50.2 Å². The van der Waals surface area contributed by atoms with Crippen LogP contribution in [0.5, 0.6) is 0 Å². The van der Waals surface area contributed by atoms with E-state index >= 15 is 0 Å². The fourth-order valence-corrected chi connectivity index (χ4v) is 6.01. The number of likely N-dealkylation sites (tertiary alicyclic amines) is 1. The number of hydrogen-bond donors (Lipinski definition) is 0. The maximum Gasteiger partial charge on any atom is 0.324 e. The molecule has 0 radical (unpaired) electrons. The van der Waals surface area contributed by atoms with Crippen LogP contribution in [0.25, 0.3) is 0 Å². The lowest BCUT2D eigenvalue weighted by Crippen LogP contribution is -2.51. The molecule has 5 rings (SSSR count). The molecule has 4 heterocycles. The number of anilines is 1. The van der Waals surface area contributed by atoms with Gasteiger partial charge in [-0.25, -0.2) is 0 Å². The maximum atomic E-state index is 12.6. The van der Waals surface area contributed by atoms with Crippen molar-refractivity contribution in [2.75, 3.05) is 31.1 Å². The highest BCUT2D eigenvalue weighted by atomic mass is 16.5. The van der Waals surface area contributed by atoms with Gasteiger partial charge in [0.05, 0.1) is 0 Å². The van der Waals surface area contributed by atoms with Crippen molar-refractivity contribution in [1.82, 2.24) is 19.9 Å². The Morgan fingerprint density at radius 3 is 2.35 bits per heavy atom. The topological polar surface area (TPSA) is 65.7 Å². The summed E-state index contributed by atoms with van der Waals surface area (Å²) in [6.07, 6.45) is 6.34. The van der Waals surface area contributed by atoms with E-state index in [-0.39, 0.29) is 0 Å². The summed E-state index contributed by atoms with van der Waals surface area (Å²) >= 11 is 0. The average molecular weight is 359 g/mol. The lowest BCUT2D eigenvalue weighted by atomic mass is 9.96. The number of aromatic nitrogens is 2. The molecule has 0 aromatic carbocycles. The summed E-state index contributed by atoms with van der Waals surface area (Å²) in [6.45, 7) is 8.08. The largest absolute Gasteiger partial charge is 0.343 e. The minimum atomic E-state index is 0.307. The van der Waals surface area contributed by atoms with E-state index in [1.165, 1.54) is 32.0 Å². The van der Waals surface area contributed by atoms with E-state index in [1.807, 2.05) is 4.90 Å². The van der Waals surface area contributed by atoms with Crippen LogP contribution >= 0.6 is 0 Å². The van der Waals surface area contributed by atoms with E-state index in [1.54, 1.807) is 0 Å². The first-order valence-electron chi connectivity index (χ1n) is 10.3. The smallest absolute Gasteiger partial charge is 0.324 e. The second kappa shape index (κ2) is 6.22. The molecule has 7 nitrogen and oxygen atoms in total. The quantitative estimate of drug-likeness (QED) is 0.796. The lowest BCUT2D eigenvalue weighted by Gasteiger charge is -2.42. The molecule has 3 saturated heterocycles. The molecule has 1 saturated carbocycles. The van der Waals surface area contributed by atoms with Gasteiger partial charge in [0.15, 0.2) is 6.33 Å². The van der Waals surface area contributed by atoms with Crippen LogP contribution in [-0.2, 0) is 4.79 Å². The van der Waals surface area contributed by atoms with Crippen LogP contribution in [-0.4, -0.2) is 70.2 Å². The normalized spacial score (nSPS) is 38.5. The molecule has 1 amide bonds. The predicted molar refractivity (Wildman–Crippen MR) is 96.6 cm³/mol. The zero-order chi connectivity index (χ0) is 17.8. The summed E-state index contributed by atoms with van der Waals surface area (Å²) in [4.78, 5) is 24.0. The molecule has 3 aliphatic heterocycles. The number of carbonyl (C=O) groups is 1. The van der Waals surface area contributed by atoms with E-state index in [0.29, 0.717) is 47.8 Å². The molecule has 4 atom stereocenters. The lowest BCUT2D eigenvalue weighted by molar-refractivity contribution is -0.133. The summed E-state index contributed by atoms with van der Waals surface area (Å²) in [5.74, 6) is 1.92. The highest BCUT2D eigenvalue weighted by Crippen LogP contribution is 2.54. The Bertz CT molecular complexity index is 635. The van der Waals surface area contributed by atoms with Crippen LogP contribution in [0.1, 0.15) is 39.5 Å². The van der Waals surface area contributed by atoms with Crippen LogP contribution in [0.4, 0.5) is 6.01 Å². The Labute approximate surface area is 154 Å². The van der Waals surface area contributed by atoms with Crippen molar-refractivity contribution in [1.29, 1.82) is 0 Å². The van der Waals surface area contributed by atoms with E-state index in [2.05, 4.69) is 33.8 Å². The van der Waals surface area contributed by atoms with Crippen LogP contribution in [0, 0.1) is 17.8 Å². The van der Waals surface area contributed by atoms with Crippen molar-refractivity contribution in [3.8, 4) is 0 Å². The van der Waals surface area contributed by atoms with Crippen molar-refractivity contribution in [3.05, 3.63) is 6.33 Å². The first kappa shape index (κ1) is 16.5. The third-order valence-corrected chi connectivity index (χ3v) is 7.38. The SMILES string of the molecule is CCN(CC)C(=O)C1C2CN(C3CC4CCC(C3)N4c3ncno3)CC21. The Kier molecular flexibility index (Phi) is 3.95. The van der Waals surface area contributed by atoms with E-state index in [0.717, 1.165) is 26.2 Å². The van der Waals surface area contributed by atoms with Crippen molar-refractivity contribution < 1.29 is 9.32 Å². The number of nitrogens with zero attached hydrogens (tertiary/aromatic N) is 5. The minimum Gasteiger partial charge on any atom is -0.343 e. The third kappa shape index (κ3) is 2.47. The standard InChI is InChI=1S/C19H29N5O2/c1-3-22(4-2)18(25)17-15-9-23(10-16(15)17)14-7-12-5-6-13(8-14)24(12)19-20-11-21-26-19/h11-17H,3-10H2,1-2H3. The number of piperidine rings is 2. The van der Waals surface area contributed by atoms with Crippen molar-refractivity contribution in [2.24, 2.45) is 17.8 Å². The third-order valence-electron chi connectivity index (χ3n) is 7.38. The maximum absolute atomic E-state index is 12.6. The van der Waals surface area contributed by atoms with Crippen molar-refractivity contribution >= 4 is 11.9 Å². The zero-order valence-electron chi connectivity index (χ0n) is 15.8. The molecule has 4 unspecified atom stereocenters. The molecular formula is C19H29N5O2. The average Bonchev–Trinajstić information content (AvgIpc) is 3.07. The number of amides is 1. The molecule has 4 aliphatic rings. The fraction of sp³-hybridized carbons (Fsp3) is 0.842. The van der Waals surface area contributed by atoms with Crippen molar-refractivity contribution in [3.63, 3.8) is 0 Å². The molecular weight excluding hydrogens is 330 g/mol. The van der Waals surface area contributed by atoms with Gasteiger partial charge < -0.3 is 14.3 Å². The van der Waals surface area contributed by atoms with Crippen LogP contribution < -0.4 is 4.90 Å². The van der Waals surface area contributed by atoms with Gasteiger partial charge in [0.25, 0.3) is 0 Å². The molecule has 1 aromatic rings. The molecule has 1 aliphatic carbocycles. The van der Waals surface area contributed by atoms with Gasteiger partial charge in [-0.2, -0.15) is 4.98 Å². The number of rotatable bonds is 5. The molecule has 1 aromatic heterocycles. The monoisotopic (exact) mass is 359 g/mol. The second-order valence-corrected chi connectivity index (χ2v) is 8.46. The van der Waals surface area contributed by atoms with Gasteiger partial charge >= 0.3 is 6.01 Å². The highest BCUT2D eigenvalue weighted by molar-refractivity contribution is 5.82. The Morgan fingerprint density at radius 1 is 1.15 bits per heavy atom. The van der Waals surface area contributed by atoms with E-state index in [4.69, 9.17) is 4.52 Å². The molecule has 0 N–H and O–H groups in total. The first-order valence-corrected chi connectivity index (χ1v) is 10.3. The first-order chi connectivity index (χ1) is 12.7. The zero-order valence-corrected chi connectivity index (χ0v) is 15.8. The van der Waals surface area contributed by atoms with Crippen LogP contribution in [0.2, 0.25) is 0 Å². The van der Waals surface area contributed by atoms with Gasteiger partial charge in [-0.15, -0.1) is 0 Å². The second-order valence-electron chi connectivity index (χ2n) is 8.46. The van der Waals surface area contributed by atoms with Gasteiger partial charge in [-0.05, 0) is 51.4 Å². The van der Waals surface area contributed by atoms with E-state index in [9.17, 15) is 4.79 Å². The highest BCUT2D eigenvalue weighted by Gasteiger charge is 2.61. The number of fused-ring (bicyclic) bond motifs is 3. The minimum absolute atomic E-state index is 0.307. The summed E-state index contributed by atoms with van der Waals surface area (Å²) in [7, 11) is 0. The Hall–Kier alpha value is -1.63. The van der Waals surface area contributed by atoms with Crippen LogP contribution in [0.3, 0.4) is 0 Å². The van der Waals surface area contributed by atoms with Gasteiger partial charge in [-0.3, -0.25) is 9.69 Å². The Morgan fingerprint density at radius 2 is 1.81 bits per heavy atom. The molecule has 142 valence electrons. The van der Waals surface area contributed by atoms with E-state index < -0.39 is 0 Å². The van der Waals surface area contributed by atoms with Gasteiger partial charge in [0.2, 0.25) is 5.91 Å². The number of hydrogen-bond acceptors (Lipinski definition) is 6. The van der Waals surface area contributed by atoms with Crippen molar-refractivity contribution in [2.45, 2.75) is 57.7 Å². The molecule has 0 spiro atoms. The Balaban J connectivity index is 1.19. The molecule has 2 bridgehead atoms. The summed E-state index contributed by atoms with van der Waals surface area (Å²) in [5.41, 5.74) is 0. The number of carbonyl (C=O) groups excluding carboxylic acids is 1. The summed E-state index contributed by atoms with van der Waals surface area (Å²) in [6, 6.07) is 2.42. The predicted octanol–water partition coefficient (Wildman–Crippen LogP) is 1.62. The van der Waals surface area contributed by atoms with Gasteiger partial charge in [0.1, 0.15) is 0 Å².